The molecule has 9 heteroatoms. The Morgan fingerprint density at radius 2 is 2.12 bits per heavy atom. The maximum Gasteiger partial charge on any atom is 0.245 e. The largest absolute Gasteiger partial charge is 0.368 e. The fourth-order valence-electron chi connectivity index (χ4n) is 3.62. The molecule has 0 radical (unpaired) electrons. The van der Waals surface area contributed by atoms with E-state index in [4.69, 9.17) is 5.73 Å². The maximum atomic E-state index is 12.9. The summed E-state index contributed by atoms with van der Waals surface area (Å²) in [5, 5.41) is 5.48. The summed E-state index contributed by atoms with van der Waals surface area (Å²) in [6.45, 7) is 4.15. The molecule has 3 atom stereocenters. The summed E-state index contributed by atoms with van der Waals surface area (Å²) in [6, 6.07) is -2.02. The van der Waals surface area contributed by atoms with E-state index in [2.05, 4.69) is 10.6 Å². The van der Waals surface area contributed by atoms with Crippen molar-refractivity contribution in [1.29, 1.82) is 0 Å². The first kappa shape index (κ1) is 20.5. The molecule has 0 aromatic carbocycles. The molecular formula is C17H28N4O4S. The first-order valence-electron chi connectivity index (χ1n) is 8.86. The molecule has 4 amide bonds. The molecule has 0 aliphatic carbocycles. The van der Waals surface area contributed by atoms with E-state index >= 15 is 0 Å². The Kier molecular flexibility index (Phi) is 6.54. The third-order valence-corrected chi connectivity index (χ3v) is 5.70. The van der Waals surface area contributed by atoms with Crippen LogP contribution < -0.4 is 16.4 Å². The quantitative estimate of drug-likeness (QED) is 0.552. The lowest BCUT2D eigenvalue weighted by atomic mass is 9.84. The van der Waals surface area contributed by atoms with E-state index in [1.165, 1.54) is 4.90 Å². The van der Waals surface area contributed by atoms with Gasteiger partial charge in [0, 0.05) is 18.4 Å². The van der Waals surface area contributed by atoms with Crippen molar-refractivity contribution >= 4 is 35.4 Å². The molecule has 0 aromatic rings. The Hall–Kier alpha value is -1.77. The average Bonchev–Trinajstić information content (AvgIpc) is 3.14. The van der Waals surface area contributed by atoms with Gasteiger partial charge in [-0.1, -0.05) is 13.8 Å². The Morgan fingerprint density at radius 3 is 2.65 bits per heavy atom. The third-order valence-electron chi connectivity index (χ3n) is 5.05. The van der Waals surface area contributed by atoms with Crippen LogP contribution in [0.15, 0.2) is 0 Å². The summed E-state index contributed by atoms with van der Waals surface area (Å²) in [4.78, 5) is 50.4. The first-order valence-corrected chi connectivity index (χ1v) is 10.2. The van der Waals surface area contributed by atoms with E-state index in [-0.39, 0.29) is 24.1 Å². The fraction of sp³-hybridized carbons (Fsp3) is 0.765. The monoisotopic (exact) mass is 384 g/mol. The summed E-state index contributed by atoms with van der Waals surface area (Å²) >= 11 is 1.57. The predicted octanol–water partition coefficient (Wildman–Crippen LogP) is -0.385. The average molecular weight is 385 g/mol. The lowest BCUT2D eigenvalue weighted by molar-refractivity contribution is -0.141. The minimum absolute atomic E-state index is 0.171. The SMILES string of the molecule is CSCC[C@H](NC(=O)[C@H]1NC(=O)CC1(C)C)C(=O)N1CCC[C@H]1C(N)=O. The van der Waals surface area contributed by atoms with Gasteiger partial charge < -0.3 is 21.3 Å². The van der Waals surface area contributed by atoms with Crippen LogP contribution in [0.1, 0.15) is 39.5 Å². The predicted molar refractivity (Wildman–Crippen MR) is 99.2 cm³/mol. The van der Waals surface area contributed by atoms with Crippen LogP contribution >= 0.6 is 11.8 Å². The summed E-state index contributed by atoms with van der Waals surface area (Å²) in [6.07, 6.45) is 3.91. The number of hydrogen-bond donors (Lipinski definition) is 3. The highest BCUT2D eigenvalue weighted by atomic mass is 32.2. The third kappa shape index (κ3) is 4.49. The number of carbonyl (C=O) groups excluding carboxylic acids is 4. The molecule has 2 aliphatic heterocycles. The van der Waals surface area contributed by atoms with Gasteiger partial charge in [-0.25, -0.2) is 0 Å². The number of amides is 4. The van der Waals surface area contributed by atoms with Gasteiger partial charge in [-0.15, -0.1) is 0 Å². The van der Waals surface area contributed by atoms with Gasteiger partial charge in [-0.2, -0.15) is 11.8 Å². The van der Waals surface area contributed by atoms with Crippen molar-refractivity contribution in [3.63, 3.8) is 0 Å². The normalized spacial score (nSPS) is 25.7. The Morgan fingerprint density at radius 1 is 1.42 bits per heavy atom. The zero-order chi connectivity index (χ0) is 19.5. The van der Waals surface area contributed by atoms with Crippen molar-refractivity contribution in [2.24, 2.45) is 11.1 Å². The zero-order valence-corrected chi connectivity index (χ0v) is 16.4. The number of hydrogen-bond acceptors (Lipinski definition) is 5. The second kappa shape index (κ2) is 8.28. The summed E-state index contributed by atoms with van der Waals surface area (Å²) < 4.78 is 0. The summed E-state index contributed by atoms with van der Waals surface area (Å²) in [7, 11) is 0. The Bertz CT molecular complexity index is 595. The molecule has 8 nitrogen and oxygen atoms in total. The molecule has 146 valence electrons. The second-order valence-electron chi connectivity index (χ2n) is 7.60. The minimum Gasteiger partial charge on any atom is -0.368 e. The van der Waals surface area contributed by atoms with Crippen molar-refractivity contribution < 1.29 is 19.2 Å². The molecule has 2 fully saturated rings. The molecule has 2 rings (SSSR count). The Balaban J connectivity index is 2.11. The smallest absolute Gasteiger partial charge is 0.245 e. The van der Waals surface area contributed by atoms with Crippen LogP contribution in [0.25, 0.3) is 0 Å². The van der Waals surface area contributed by atoms with Crippen LogP contribution in [-0.4, -0.2) is 65.2 Å². The van der Waals surface area contributed by atoms with Crippen LogP contribution in [0.5, 0.6) is 0 Å². The number of carbonyl (C=O) groups is 4. The molecule has 2 saturated heterocycles. The van der Waals surface area contributed by atoms with Crippen molar-refractivity contribution in [2.75, 3.05) is 18.6 Å². The van der Waals surface area contributed by atoms with Gasteiger partial charge in [0.1, 0.15) is 18.1 Å². The number of nitrogens with one attached hydrogen (secondary N) is 2. The number of nitrogens with two attached hydrogens (primary N) is 1. The van der Waals surface area contributed by atoms with Gasteiger partial charge in [0.15, 0.2) is 0 Å². The van der Waals surface area contributed by atoms with Gasteiger partial charge in [0.25, 0.3) is 0 Å². The summed E-state index contributed by atoms with van der Waals surface area (Å²) in [5.41, 5.74) is 4.89. The van der Waals surface area contributed by atoms with Crippen LogP contribution in [0.2, 0.25) is 0 Å². The first-order chi connectivity index (χ1) is 12.2. The molecule has 2 aliphatic rings. The number of rotatable bonds is 7. The number of likely N-dealkylation sites (tertiary alicyclic amines) is 1. The zero-order valence-electron chi connectivity index (χ0n) is 15.5. The van der Waals surface area contributed by atoms with Crippen molar-refractivity contribution in [3.05, 3.63) is 0 Å². The number of nitrogens with zero attached hydrogens (tertiary/aromatic N) is 1. The number of thioether (sulfide) groups is 1. The van der Waals surface area contributed by atoms with E-state index in [9.17, 15) is 19.2 Å². The molecule has 26 heavy (non-hydrogen) atoms. The molecule has 0 unspecified atom stereocenters. The highest BCUT2D eigenvalue weighted by Gasteiger charge is 2.45. The van der Waals surface area contributed by atoms with E-state index in [0.717, 1.165) is 0 Å². The fourth-order valence-corrected chi connectivity index (χ4v) is 4.09. The van der Waals surface area contributed by atoms with Crippen molar-refractivity contribution in [2.45, 2.75) is 57.7 Å². The molecule has 4 N–H and O–H groups in total. The van der Waals surface area contributed by atoms with E-state index in [0.29, 0.717) is 31.6 Å². The van der Waals surface area contributed by atoms with Crippen LogP contribution in [0.4, 0.5) is 0 Å². The maximum absolute atomic E-state index is 12.9. The number of primary amides is 1. The van der Waals surface area contributed by atoms with Gasteiger partial charge >= 0.3 is 0 Å². The van der Waals surface area contributed by atoms with E-state index in [1.807, 2.05) is 20.1 Å². The van der Waals surface area contributed by atoms with Gasteiger partial charge in [-0.3, -0.25) is 19.2 Å². The highest BCUT2D eigenvalue weighted by Crippen LogP contribution is 2.31. The van der Waals surface area contributed by atoms with Gasteiger partial charge in [0.2, 0.25) is 23.6 Å². The summed E-state index contributed by atoms with van der Waals surface area (Å²) in [5.74, 6) is -0.650. The topological polar surface area (TPSA) is 122 Å². The van der Waals surface area contributed by atoms with Gasteiger partial charge in [-0.05, 0) is 31.3 Å². The van der Waals surface area contributed by atoms with Crippen molar-refractivity contribution in [1.82, 2.24) is 15.5 Å². The Labute approximate surface area is 158 Å². The highest BCUT2D eigenvalue weighted by molar-refractivity contribution is 7.98. The van der Waals surface area contributed by atoms with E-state index in [1.54, 1.807) is 11.8 Å². The second-order valence-corrected chi connectivity index (χ2v) is 8.59. The molecule has 0 aromatic heterocycles. The molecule has 2 heterocycles. The van der Waals surface area contributed by atoms with E-state index < -0.39 is 29.4 Å². The van der Waals surface area contributed by atoms with Crippen molar-refractivity contribution in [3.8, 4) is 0 Å². The van der Waals surface area contributed by atoms with Gasteiger partial charge in [0.05, 0.1) is 0 Å². The molecule has 0 bridgehead atoms. The lowest BCUT2D eigenvalue weighted by Gasteiger charge is -2.30. The van der Waals surface area contributed by atoms with Crippen LogP contribution in [-0.2, 0) is 19.2 Å². The van der Waals surface area contributed by atoms with Crippen LogP contribution in [0.3, 0.4) is 0 Å². The minimum atomic E-state index is -0.733. The lowest BCUT2D eigenvalue weighted by Crippen LogP contribution is -2.57. The standard InChI is InChI=1S/C17H28N4O4S/c1-17(2)9-12(22)20-13(17)15(24)19-10(6-8-26-3)16(25)21-7-4-5-11(21)14(18)23/h10-11,13H,4-9H2,1-3H3,(H2,18,23)(H,19,24)(H,20,22)/t10-,11-,13+/m0/s1. The molecule has 0 saturated carbocycles. The van der Waals surface area contributed by atoms with Crippen LogP contribution in [0, 0.1) is 5.41 Å². The molecular weight excluding hydrogens is 356 g/mol. The molecule has 0 spiro atoms.